The van der Waals surface area contributed by atoms with E-state index in [4.69, 9.17) is 5.11 Å². The average molecular weight is 192 g/mol. The minimum Gasteiger partial charge on any atom is -0.395 e. The lowest BCUT2D eigenvalue weighted by Gasteiger charge is -1.94. The lowest BCUT2D eigenvalue weighted by atomic mass is 10.3. The zero-order valence-corrected chi connectivity index (χ0v) is 7.94. The van der Waals surface area contributed by atoms with Crippen molar-refractivity contribution in [2.75, 3.05) is 18.5 Å². The summed E-state index contributed by atoms with van der Waals surface area (Å²) < 4.78 is 1.70. The number of aryl methyl sites for hydroxylation is 1. The van der Waals surface area contributed by atoms with Gasteiger partial charge in [-0.3, -0.25) is 0 Å². The van der Waals surface area contributed by atoms with Crippen LogP contribution in [0.15, 0.2) is 18.3 Å². The lowest BCUT2D eigenvalue weighted by molar-refractivity contribution is 0.311. The molecule has 0 spiro atoms. The number of nitrogens with one attached hydrogen (secondary N) is 1. The van der Waals surface area contributed by atoms with Crippen molar-refractivity contribution in [1.29, 1.82) is 0 Å². The van der Waals surface area contributed by atoms with Crippen LogP contribution in [0.3, 0.4) is 0 Å². The third-order valence-corrected chi connectivity index (χ3v) is 1.89. The third kappa shape index (κ3) is 1.67. The van der Waals surface area contributed by atoms with Crippen LogP contribution in [0.2, 0.25) is 0 Å². The van der Waals surface area contributed by atoms with E-state index in [0.29, 0.717) is 12.5 Å². The molecule has 0 fully saturated rings. The summed E-state index contributed by atoms with van der Waals surface area (Å²) >= 11 is 0. The van der Waals surface area contributed by atoms with Crippen LogP contribution in [0.25, 0.3) is 5.65 Å². The first-order valence-corrected chi connectivity index (χ1v) is 4.47. The molecule has 74 valence electrons. The molecule has 0 aliphatic rings. The van der Waals surface area contributed by atoms with Crippen LogP contribution < -0.4 is 5.32 Å². The van der Waals surface area contributed by atoms with Gasteiger partial charge in [0.1, 0.15) is 0 Å². The highest BCUT2D eigenvalue weighted by atomic mass is 16.3. The Morgan fingerprint density at radius 3 is 3.21 bits per heavy atom. The van der Waals surface area contributed by atoms with Gasteiger partial charge in [0.05, 0.1) is 6.61 Å². The summed E-state index contributed by atoms with van der Waals surface area (Å²) in [5.74, 6) is 0.546. The van der Waals surface area contributed by atoms with Crippen LogP contribution in [-0.4, -0.2) is 32.9 Å². The Balaban J connectivity index is 2.32. The standard InChI is InChI=1S/C9H12N4O/c1-7-2-4-13-8(6-7)11-9(12-13)10-3-5-14/h2,4,6,14H,3,5H2,1H3,(H,10,12). The number of hydrogen-bond acceptors (Lipinski definition) is 4. The van der Waals surface area contributed by atoms with Crippen LogP contribution in [-0.2, 0) is 0 Å². The molecule has 2 heterocycles. The second kappa shape index (κ2) is 3.63. The van der Waals surface area contributed by atoms with Gasteiger partial charge in [-0.2, -0.15) is 4.98 Å². The molecule has 0 bridgehead atoms. The van der Waals surface area contributed by atoms with Crippen molar-refractivity contribution in [3.8, 4) is 0 Å². The molecule has 0 saturated carbocycles. The number of aliphatic hydroxyl groups is 1. The van der Waals surface area contributed by atoms with E-state index in [-0.39, 0.29) is 6.61 Å². The summed E-state index contributed by atoms with van der Waals surface area (Å²) in [6.45, 7) is 2.56. The minimum absolute atomic E-state index is 0.0780. The summed E-state index contributed by atoms with van der Waals surface area (Å²) in [4.78, 5) is 4.24. The van der Waals surface area contributed by atoms with Crippen LogP contribution in [0.1, 0.15) is 5.56 Å². The van der Waals surface area contributed by atoms with Gasteiger partial charge in [-0.25, -0.2) is 4.52 Å². The van der Waals surface area contributed by atoms with Crippen molar-refractivity contribution in [1.82, 2.24) is 14.6 Å². The highest BCUT2D eigenvalue weighted by molar-refractivity contribution is 5.45. The molecule has 0 aliphatic carbocycles. The van der Waals surface area contributed by atoms with Crippen molar-refractivity contribution in [2.45, 2.75) is 6.92 Å². The van der Waals surface area contributed by atoms with Crippen LogP contribution in [0.4, 0.5) is 5.95 Å². The molecule has 2 aromatic heterocycles. The number of pyridine rings is 1. The molecule has 2 aromatic rings. The van der Waals surface area contributed by atoms with Gasteiger partial charge in [0.25, 0.3) is 0 Å². The summed E-state index contributed by atoms with van der Waals surface area (Å²) in [5.41, 5.74) is 1.96. The van der Waals surface area contributed by atoms with Gasteiger partial charge >= 0.3 is 0 Å². The smallest absolute Gasteiger partial charge is 0.243 e. The molecular weight excluding hydrogens is 180 g/mol. The topological polar surface area (TPSA) is 62.5 Å². The maximum atomic E-state index is 8.62. The maximum Gasteiger partial charge on any atom is 0.243 e. The molecule has 14 heavy (non-hydrogen) atoms. The summed E-state index contributed by atoms with van der Waals surface area (Å²) in [5, 5.41) is 15.7. The van der Waals surface area contributed by atoms with Gasteiger partial charge in [-0.15, -0.1) is 5.10 Å². The van der Waals surface area contributed by atoms with Gasteiger partial charge in [-0.05, 0) is 24.6 Å². The van der Waals surface area contributed by atoms with Gasteiger partial charge in [0.15, 0.2) is 5.65 Å². The van der Waals surface area contributed by atoms with Crippen molar-refractivity contribution in [2.24, 2.45) is 0 Å². The Kier molecular flexibility index (Phi) is 2.32. The van der Waals surface area contributed by atoms with Crippen molar-refractivity contribution in [3.05, 3.63) is 23.9 Å². The number of nitrogens with zero attached hydrogens (tertiary/aromatic N) is 3. The third-order valence-electron chi connectivity index (χ3n) is 1.89. The maximum absolute atomic E-state index is 8.62. The predicted molar refractivity (Wildman–Crippen MR) is 53.3 cm³/mol. The lowest BCUT2D eigenvalue weighted by Crippen LogP contribution is -2.06. The molecule has 0 saturated heterocycles. The molecular formula is C9H12N4O. The fourth-order valence-corrected chi connectivity index (χ4v) is 1.23. The zero-order chi connectivity index (χ0) is 9.97. The number of anilines is 1. The molecule has 0 atom stereocenters. The summed E-state index contributed by atoms with van der Waals surface area (Å²) in [7, 11) is 0. The highest BCUT2D eigenvalue weighted by Crippen LogP contribution is 2.06. The van der Waals surface area contributed by atoms with E-state index in [9.17, 15) is 0 Å². The average Bonchev–Trinajstić information content (AvgIpc) is 2.56. The molecule has 5 nitrogen and oxygen atoms in total. The van der Waals surface area contributed by atoms with Crippen molar-refractivity contribution < 1.29 is 5.11 Å². The second-order valence-corrected chi connectivity index (χ2v) is 3.09. The van der Waals surface area contributed by atoms with Gasteiger partial charge in [-0.1, -0.05) is 0 Å². The largest absolute Gasteiger partial charge is 0.395 e. The molecule has 2 rings (SSSR count). The van der Waals surface area contributed by atoms with Crippen LogP contribution >= 0.6 is 0 Å². The van der Waals surface area contributed by atoms with E-state index in [1.54, 1.807) is 4.52 Å². The fraction of sp³-hybridized carbons (Fsp3) is 0.333. The first-order valence-electron chi connectivity index (χ1n) is 4.47. The molecule has 0 amide bonds. The Morgan fingerprint density at radius 2 is 2.43 bits per heavy atom. The molecule has 0 radical (unpaired) electrons. The Morgan fingerprint density at radius 1 is 1.57 bits per heavy atom. The summed E-state index contributed by atoms with van der Waals surface area (Å²) in [6.07, 6.45) is 1.86. The number of hydrogen-bond donors (Lipinski definition) is 2. The van der Waals surface area contributed by atoms with Crippen molar-refractivity contribution in [3.63, 3.8) is 0 Å². The van der Waals surface area contributed by atoms with Crippen molar-refractivity contribution >= 4 is 11.6 Å². The molecule has 5 heteroatoms. The minimum atomic E-state index is 0.0780. The van der Waals surface area contributed by atoms with Crippen LogP contribution in [0.5, 0.6) is 0 Å². The number of aliphatic hydroxyl groups excluding tert-OH is 1. The Bertz CT molecular complexity index is 437. The monoisotopic (exact) mass is 192 g/mol. The van der Waals surface area contributed by atoms with E-state index >= 15 is 0 Å². The Labute approximate surface area is 81.4 Å². The first-order chi connectivity index (χ1) is 6.79. The SMILES string of the molecule is Cc1ccn2nc(NCCO)nc2c1. The Hall–Kier alpha value is -1.62. The van der Waals surface area contributed by atoms with Gasteiger partial charge in [0.2, 0.25) is 5.95 Å². The molecule has 0 aromatic carbocycles. The van der Waals surface area contributed by atoms with Gasteiger partial charge < -0.3 is 10.4 Å². The molecule has 0 aliphatic heterocycles. The number of aromatic nitrogens is 3. The first kappa shape index (κ1) is 8.96. The zero-order valence-electron chi connectivity index (χ0n) is 7.94. The van der Waals surface area contributed by atoms with Crippen LogP contribution in [0, 0.1) is 6.92 Å². The molecule has 0 unspecified atom stereocenters. The van der Waals surface area contributed by atoms with E-state index in [2.05, 4.69) is 15.4 Å². The van der Waals surface area contributed by atoms with E-state index < -0.39 is 0 Å². The highest BCUT2D eigenvalue weighted by Gasteiger charge is 2.01. The molecule has 2 N–H and O–H groups in total. The number of fused-ring (bicyclic) bond motifs is 1. The quantitative estimate of drug-likeness (QED) is 0.740. The normalized spacial score (nSPS) is 10.7. The second-order valence-electron chi connectivity index (χ2n) is 3.09. The van der Waals surface area contributed by atoms with E-state index in [0.717, 1.165) is 11.2 Å². The predicted octanol–water partition coefficient (Wildman–Crippen LogP) is 0.442. The fourth-order valence-electron chi connectivity index (χ4n) is 1.23. The van der Waals surface area contributed by atoms with Gasteiger partial charge in [0, 0.05) is 12.7 Å². The van der Waals surface area contributed by atoms with E-state index in [1.807, 2.05) is 25.3 Å². The summed E-state index contributed by atoms with van der Waals surface area (Å²) in [6, 6.07) is 3.93. The number of rotatable bonds is 3. The van der Waals surface area contributed by atoms with E-state index in [1.165, 1.54) is 0 Å².